The summed E-state index contributed by atoms with van der Waals surface area (Å²) in [5.41, 5.74) is 1.47. The van der Waals surface area contributed by atoms with Gasteiger partial charge in [0.05, 0.1) is 14.2 Å². The predicted octanol–water partition coefficient (Wildman–Crippen LogP) is 4.45. The summed E-state index contributed by atoms with van der Waals surface area (Å²) in [6, 6.07) is 9.77. The van der Waals surface area contributed by atoms with Crippen LogP contribution < -0.4 is 9.47 Å². The zero-order chi connectivity index (χ0) is 19.6. The second-order valence-corrected chi connectivity index (χ2v) is 6.20. The number of methoxy groups -OCH3 is 2. The van der Waals surface area contributed by atoms with Crippen molar-refractivity contribution in [1.82, 2.24) is 0 Å². The Morgan fingerprint density at radius 3 is 2.48 bits per heavy atom. The number of Topliss-reactive ketones (excluding diaryl/α,β-unsaturated/α-hetero) is 1. The fourth-order valence-electron chi connectivity index (χ4n) is 2.68. The number of furan rings is 1. The molecule has 3 aromatic rings. The van der Waals surface area contributed by atoms with E-state index in [4.69, 9.17) is 30.2 Å². The fraction of sp³-hybridized carbons (Fsp3) is 0.200. The van der Waals surface area contributed by atoms with Crippen molar-refractivity contribution >= 4 is 34.3 Å². The maximum Gasteiger partial charge on any atom is 0.375 e. The van der Waals surface area contributed by atoms with E-state index in [1.807, 2.05) is 0 Å². The van der Waals surface area contributed by atoms with Crippen molar-refractivity contribution < 1.29 is 28.2 Å². The largest absolute Gasteiger partial charge is 0.493 e. The average Bonchev–Trinajstić information content (AvgIpc) is 3.01. The molecule has 0 atom stereocenters. The Hall–Kier alpha value is -2.99. The smallest absolute Gasteiger partial charge is 0.375 e. The molecule has 0 aliphatic rings. The Morgan fingerprint density at radius 2 is 1.78 bits per heavy atom. The maximum absolute atomic E-state index is 12.3. The lowest BCUT2D eigenvalue weighted by Crippen LogP contribution is -2.14. The number of ether oxygens (including phenoxy) is 3. The monoisotopic (exact) mass is 388 g/mol. The molecule has 3 rings (SSSR count). The molecule has 0 bridgehead atoms. The van der Waals surface area contributed by atoms with Gasteiger partial charge in [0.1, 0.15) is 5.58 Å². The van der Waals surface area contributed by atoms with Crippen molar-refractivity contribution in [2.45, 2.75) is 6.92 Å². The molecule has 0 fully saturated rings. The van der Waals surface area contributed by atoms with Crippen LogP contribution in [0, 0.1) is 6.92 Å². The first kappa shape index (κ1) is 18.8. The van der Waals surface area contributed by atoms with Crippen molar-refractivity contribution in [3.8, 4) is 11.5 Å². The highest BCUT2D eigenvalue weighted by Gasteiger charge is 2.21. The van der Waals surface area contributed by atoms with Crippen molar-refractivity contribution in [2.24, 2.45) is 0 Å². The topological polar surface area (TPSA) is 75.0 Å². The Kier molecular flexibility index (Phi) is 5.37. The van der Waals surface area contributed by atoms with Gasteiger partial charge in [-0.1, -0.05) is 11.6 Å². The van der Waals surface area contributed by atoms with Gasteiger partial charge in [-0.25, -0.2) is 4.79 Å². The van der Waals surface area contributed by atoms with Gasteiger partial charge in [-0.3, -0.25) is 4.79 Å². The molecular formula is C20H17ClO6. The van der Waals surface area contributed by atoms with Gasteiger partial charge in [-0.15, -0.1) is 0 Å². The van der Waals surface area contributed by atoms with E-state index in [9.17, 15) is 9.59 Å². The molecule has 0 saturated carbocycles. The second kappa shape index (κ2) is 7.72. The Labute approximate surface area is 160 Å². The summed E-state index contributed by atoms with van der Waals surface area (Å²) in [6.07, 6.45) is 0. The number of benzene rings is 2. The average molecular weight is 389 g/mol. The third kappa shape index (κ3) is 3.75. The molecule has 1 heterocycles. The molecule has 2 aromatic carbocycles. The summed E-state index contributed by atoms with van der Waals surface area (Å²) >= 11 is 5.97. The van der Waals surface area contributed by atoms with E-state index in [2.05, 4.69) is 0 Å². The van der Waals surface area contributed by atoms with Crippen molar-refractivity contribution in [3.05, 3.63) is 58.3 Å². The molecule has 0 N–H and O–H groups in total. The van der Waals surface area contributed by atoms with Crippen LogP contribution in [0.15, 0.2) is 40.8 Å². The number of rotatable bonds is 6. The molecule has 140 valence electrons. The first-order chi connectivity index (χ1) is 12.9. The number of esters is 1. The molecule has 0 aliphatic heterocycles. The highest BCUT2D eigenvalue weighted by molar-refractivity contribution is 6.31. The number of hydrogen-bond donors (Lipinski definition) is 0. The number of carbonyl (C=O) groups is 2. The summed E-state index contributed by atoms with van der Waals surface area (Å²) in [7, 11) is 2.98. The molecule has 1 aromatic heterocycles. The molecule has 0 amide bonds. The Bertz CT molecular complexity index is 1020. The lowest BCUT2D eigenvalue weighted by Gasteiger charge is -2.09. The second-order valence-electron chi connectivity index (χ2n) is 5.77. The molecule has 27 heavy (non-hydrogen) atoms. The number of carbonyl (C=O) groups excluding carboxylic acids is 2. The van der Waals surface area contributed by atoms with Gasteiger partial charge >= 0.3 is 5.97 Å². The lowest BCUT2D eigenvalue weighted by molar-refractivity contribution is 0.0445. The Morgan fingerprint density at radius 1 is 1.04 bits per heavy atom. The Balaban J connectivity index is 1.74. The van der Waals surface area contributed by atoms with Crippen LogP contribution in [0.25, 0.3) is 11.0 Å². The number of ketones is 1. The van der Waals surface area contributed by atoms with E-state index in [-0.39, 0.29) is 11.5 Å². The minimum Gasteiger partial charge on any atom is -0.493 e. The lowest BCUT2D eigenvalue weighted by atomic mass is 10.1. The van der Waals surface area contributed by atoms with E-state index in [0.717, 1.165) is 5.39 Å². The highest BCUT2D eigenvalue weighted by atomic mass is 35.5. The van der Waals surface area contributed by atoms with Gasteiger partial charge in [0.25, 0.3) is 0 Å². The molecule has 0 spiro atoms. The van der Waals surface area contributed by atoms with Gasteiger partial charge in [-0.05, 0) is 43.3 Å². The standard InChI is InChI=1S/C20H17ClO6/c1-11-14-9-13(21)5-7-16(14)27-19(11)20(23)26-10-15(22)12-4-6-17(24-2)18(8-12)25-3/h4-9H,10H2,1-3H3. The number of fused-ring (bicyclic) bond motifs is 1. The minimum atomic E-state index is -0.714. The van der Waals surface area contributed by atoms with Crippen molar-refractivity contribution in [3.63, 3.8) is 0 Å². The van der Waals surface area contributed by atoms with Crippen molar-refractivity contribution in [1.29, 1.82) is 0 Å². The van der Waals surface area contributed by atoms with Crippen LogP contribution in [0.4, 0.5) is 0 Å². The number of aryl methyl sites for hydroxylation is 1. The van der Waals surface area contributed by atoms with Crippen LogP contribution in [-0.2, 0) is 4.74 Å². The minimum absolute atomic E-state index is 0.0485. The van der Waals surface area contributed by atoms with E-state index < -0.39 is 12.6 Å². The molecular weight excluding hydrogens is 372 g/mol. The van der Waals surface area contributed by atoms with Crippen LogP contribution in [0.1, 0.15) is 26.5 Å². The number of halogens is 1. The first-order valence-corrected chi connectivity index (χ1v) is 8.43. The quantitative estimate of drug-likeness (QED) is 0.458. The molecule has 0 aliphatic carbocycles. The summed E-state index contributed by atoms with van der Waals surface area (Å²) in [4.78, 5) is 24.7. The van der Waals surface area contributed by atoms with Crippen LogP contribution in [0.5, 0.6) is 11.5 Å². The maximum atomic E-state index is 12.3. The van der Waals surface area contributed by atoms with E-state index >= 15 is 0 Å². The van der Waals surface area contributed by atoms with Crippen LogP contribution in [-0.4, -0.2) is 32.6 Å². The summed E-state index contributed by atoms with van der Waals surface area (Å²) in [5, 5.41) is 1.26. The normalized spacial score (nSPS) is 10.7. The molecule has 0 unspecified atom stereocenters. The molecule has 0 saturated heterocycles. The van der Waals surface area contributed by atoms with Gasteiger partial charge in [-0.2, -0.15) is 0 Å². The third-order valence-electron chi connectivity index (χ3n) is 4.12. The molecule has 6 nitrogen and oxygen atoms in total. The zero-order valence-corrected chi connectivity index (χ0v) is 15.8. The summed E-state index contributed by atoms with van der Waals surface area (Å²) < 4.78 is 21.0. The first-order valence-electron chi connectivity index (χ1n) is 8.05. The van der Waals surface area contributed by atoms with E-state index in [1.54, 1.807) is 37.3 Å². The van der Waals surface area contributed by atoms with Gasteiger partial charge in [0.2, 0.25) is 5.76 Å². The SMILES string of the molecule is COc1ccc(C(=O)COC(=O)c2oc3ccc(Cl)cc3c2C)cc1OC. The van der Waals surface area contributed by atoms with Crippen LogP contribution in [0.3, 0.4) is 0 Å². The van der Waals surface area contributed by atoms with Gasteiger partial charge < -0.3 is 18.6 Å². The van der Waals surface area contributed by atoms with Gasteiger partial charge in [0.15, 0.2) is 23.9 Å². The summed E-state index contributed by atoms with van der Waals surface area (Å²) in [5.74, 6) is -0.121. The van der Waals surface area contributed by atoms with E-state index in [0.29, 0.717) is 33.2 Å². The fourth-order valence-corrected chi connectivity index (χ4v) is 2.85. The van der Waals surface area contributed by atoms with Crippen LogP contribution >= 0.6 is 11.6 Å². The molecule has 0 radical (unpaired) electrons. The van der Waals surface area contributed by atoms with E-state index in [1.165, 1.54) is 20.3 Å². The van der Waals surface area contributed by atoms with Crippen LogP contribution in [0.2, 0.25) is 5.02 Å². The predicted molar refractivity (Wildman–Crippen MR) is 100 cm³/mol. The highest BCUT2D eigenvalue weighted by Crippen LogP contribution is 2.29. The van der Waals surface area contributed by atoms with Crippen molar-refractivity contribution in [2.75, 3.05) is 20.8 Å². The molecule has 7 heteroatoms. The third-order valence-corrected chi connectivity index (χ3v) is 4.36. The van der Waals surface area contributed by atoms with Gasteiger partial charge in [0, 0.05) is 21.5 Å². The number of hydrogen-bond acceptors (Lipinski definition) is 6. The zero-order valence-electron chi connectivity index (χ0n) is 15.0. The summed E-state index contributed by atoms with van der Waals surface area (Å²) in [6.45, 7) is 1.31.